The third kappa shape index (κ3) is 2.73. The van der Waals surface area contributed by atoms with Crippen LogP contribution in [0.2, 0.25) is 0 Å². The highest BCUT2D eigenvalue weighted by molar-refractivity contribution is 6.01. The fourth-order valence-electron chi connectivity index (χ4n) is 1.40. The Bertz CT molecular complexity index is 653. The van der Waals surface area contributed by atoms with E-state index in [1.165, 1.54) is 6.07 Å². The largest absolute Gasteiger partial charge is 0.478 e. The van der Waals surface area contributed by atoms with Crippen molar-refractivity contribution >= 4 is 17.6 Å². The third-order valence-electron chi connectivity index (χ3n) is 2.26. The Labute approximate surface area is 106 Å². The number of halogens is 1. The fraction of sp³-hybridized carbons (Fsp3) is 0.0909. The molecule has 1 aromatic heterocycles. The van der Waals surface area contributed by atoms with Gasteiger partial charge in [-0.1, -0.05) is 0 Å². The van der Waals surface area contributed by atoms with Gasteiger partial charge < -0.3 is 10.4 Å². The number of hydrogen-bond acceptors (Lipinski definition) is 4. The van der Waals surface area contributed by atoms with Crippen molar-refractivity contribution in [1.82, 2.24) is 15.2 Å². The van der Waals surface area contributed by atoms with Gasteiger partial charge in [0.05, 0.1) is 5.56 Å². The minimum atomic E-state index is -1.38. The van der Waals surface area contributed by atoms with Gasteiger partial charge >= 0.3 is 5.97 Å². The van der Waals surface area contributed by atoms with Gasteiger partial charge in [-0.3, -0.25) is 9.89 Å². The molecule has 1 aromatic carbocycles. The number of rotatable bonds is 3. The Morgan fingerprint density at radius 2 is 2.16 bits per heavy atom. The topological polar surface area (TPSA) is 108 Å². The quantitative estimate of drug-likeness (QED) is 0.772. The molecule has 0 fully saturated rings. The fourth-order valence-corrected chi connectivity index (χ4v) is 1.40. The maximum Gasteiger partial charge on any atom is 0.338 e. The van der Waals surface area contributed by atoms with Crippen molar-refractivity contribution < 1.29 is 19.1 Å². The molecule has 1 amide bonds. The van der Waals surface area contributed by atoms with E-state index in [-0.39, 0.29) is 11.5 Å². The van der Waals surface area contributed by atoms with E-state index in [1.807, 2.05) is 0 Å². The first kappa shape index (κ1) is 12.7. The number of anilines is 1. The highest BCUT2D eigenvalue weighted by atomic mass is 19.1. The number of aromatic amines is 1. The number of amides is 1. The Kier molecular flexibility index (Phi) is 3.23. The second-order valence-electron chi connectivity index (χ2n) is 3.70. The van der Waals surface area contributed by atoms with Crippen LogP contribution in [0, 0.1) is 12.7 Å². The lowest BCUT2D eigenvalue weighted by atomic mass is 10.2. The van der Waals surface area contributed by atoms with Crippen molar-refractivity contribution in [1.29, 1.82) is 0 Å². The molecule has 2 aromatic rings. The molecule has 1 heterocycles. The molecule has 0 atom stereocenters. The van der Waals surface area contributed by atoms with E-state index in [0.717, 1.165) is 12.1 Å². The van der Waals surface area contributed by atoms with Crippen LogP contribution in [-0.2, 0) is 0 Å². The predicted molar refractivity (Wildman–Crippen MR) is 62.4 cm³/mol. The molecule has 19 heavy (non-hydrogen) atoms. The molecule has 2 rings (SSSR count). The number of carboxylic acid groups (broad SMARTS) is 1. The van der Waals surface area contributed by atoms with Crippen LogP contribution in [0.1, 0.15) is 26.8 Å². The van der Waals surface area contributed by atoms with Gasteiger partial charge in [0, 0.05) is 5.69 Å². The summed E-state index contributed by atoms with van der Waals surface area (Å²) in [6, 6.07) is 3.27. The molecule has 8 heteroatoms. The van der Waals surface area contributed by atoms with E-state index in [0.29, 0.717) is 5.82 Å². The second-order valence-corrected chi connectivity index (χ2v) is 3.70. The Balaban J connectivity index is 2.18. The van der Waals surface area contributed by atoms with Crippen LogP contribution in [-0.4, -0.2) is 32.2 Å². The monoisotopic (exact) mass is 264 g/mol. The summed E-state index contributed by atoms with van der Waals surface area (Å²) >= 11 is 0. The van der Waals surface area contributed by atoms with Gasteiger partial charge in [0.25, 0.3) is 5.91 Å². The molecule has 0 bridgehead atoms. The van der Waals surface area contributed by atoms with Crippen molar-refractivity contribution in [3.05, 3.63) is 41.2 Å². The van der Waals surface area contributed by atoms with Crippen molar-refractivity contribution in [2.24, 2.45) is 0 Å². The van der Waals surface area contributed by atoms with Crippen LogP contribution < -0.4 is 5.32 Å². The van der Waals surface area contributed by atoms with E-state index >= 15 is 0 Å². The minimum Gasteiger partial charge on any atom is -0.478 e. The molecular weight excluding hydrogens is 255 g/mol. The molecule has 0 aliphatic carbocycles. The summed E-state index contributed by atoms with van der Waals surface area (Å²) in [5.74, 6) is -2.54. The molecule has 0 unspecified atom stereocenters. The molecule has 98 valence electrons. The van der Waals surface area contributed by atoms with E-state index in [9.17, 15) is 14.0 Å². The lowest BCUT2D eigenvalue weighted by Crippen LogP contribution is -2.14. The van der Waals surface area contributed by atoms with E-state index in [2.05, 4.69) is 20.5 Å². The molecule has 0 radical (unpaired) electrons. The van der Waals surface area contributed by atoms with Crippen molar-refractivity contribution in [2.45, 2.75) is 6.92 Å². The SMILES string of the molecule is Cc1nc(C(=O)Nc2ccc(C(=O)O)c(F)c2)n[nH]1. The normalized spacial score (nSPS) is 10.2. The number of aryl methyl sites for hydroxylation is 1. The zero-order valence-corrected chi connectivity index (χ0v) is 9.77. The van der Waals surface area contributed by atoms with Gasteiger partial charge in [-0.15, -0.1) is 5.10 Å². The molecule has 0 spiro atoms. The zero-order chi connectivity index (χ0) is 14.0. The van der Waals surface area contributed by atoms with E-state index in [1.54, 1.807) is 6.92 Å². The van der Waals surface area contributed by atoms with E-state index < -0.39 is 23.3 Å². The summed E-state index contributed by atoms with van der Waals surface area (Å²) < 4.78 is 13.4. The number of nitrogens with zero attached hydrogens (tertiary/aromatic N) is 2. The summed E-state index contributed by atoms with van der Waals surface area (Å²) in [4.78, 5) is 26.1. The maximum atomic E-state index is 13.4. The second kappa shape index (κ2) is 4.84. The maximum absolute atomic E-state index is 13.4. The van der Waals surface area contributed by atoms with Gasteiger partial charge in [-0.25, -0.2) is 14.2 Å². The lowest BCUT2D eigenvalue weighted by molar-refractivity contribution is 0.0692. The third-order valence-corrected chi connectivity index (χ3v) is 2.26. The summed E-state index contributed by atoms with van der Waals surface area (Å²) in [6.07, 6.45) is 0. The molecule has 0 aliphatic rings. The smallest absolute Gasteiger partial charge is 0.338 e. The Morgan fingerprint density at radius 1 is 1.42 bits per heavy atom. The number of benzene rings is 1. The van der Waals surface area contributed by atoms with Crippen LogP contribution in [0.3, 0.4) is 0 Å². The number of aromatic carboxylic acids is 1. The van der Waals surface area contributed by atoms with Gasteiger partial charge in [-0.05, 0) is 25.1 Å². The van der Waals surface area contributed by atoms with Gasteiger partial charge in [-0.2, -0.15) is 0 Å². The summed E-state index contributed by atoms with van der Waals surface area (Å²) in [6.45, 7) is 1.63. The number of hydrogen-bond donors (Lipinski definition) is 3. The summed E-state index contributed by atoms with van der Waals surface area (Å²) in [5.41, 5.74) is -0.346. The molecular formula is C11H9FN4O3. The standard InChI is InChI=1S/C11H9FN4O3/c1-5-13-9(16-15-5)10(17)14-6-2-3-7(11(18)19)8(12)4-6/h2-4H,1H3,(H,14,17)(H,18,19)(H,13,15,16). The highest BCUT2D eigenvalue weighted by Gasteiger charge is 2.14. The number of carbonyl (C=O) groups excluding carboxylic acids is 1. The van der Waals surface area contributed by atoms with Gasteiger partial charge in [0.15, 0.2) is 0 Å². The number of carbonyl (C=O) groups is 2. The van der Waals surface area contributed by atoms with Crippen LogP contribution in [0.5, 0.6) is 0 Å². The first-order valence-corrected chi connectivity index (χ1v) is 5.20. The first-order chi connectivity index (χ1) is 8.97. The van der Waals surface area contributed by atoms with Crippen molar-refractivity contribution in [3.8, 4) is 0 Å². The molecule has 0 saturated heterocycles. The summed E-state index contributed by atoms with van der Waals surface area (Å²) in [5, 5.41) is 17.2. The van der Waals surface area contributed by atoms with Crippen molar-refractivity contribution in [2.75, 3.05) is 5.32 Å². The highest BCUT2D eigenvalue weighted by Crippen LogP contribution is 2.15. The number of carboxylic acids is 1. The minimum absolute atomic E-state index is 0.0831. The van der Waals surface area contributed by atoms with Crippen LogP contribution >= 0.6 is 0 Å². The van der Waals surface area contributed by atoms with Crippen molar-refractivity contribution in [3.63, 3.8) is 0 Å². The number of aromatic nitrogens is 3. The predicted octanol–water partition coefficient (Wildman–Crippen LogP) is 1.20. The van der Waals surface area contributed by atoms with Crippen LogP contribution in [0.25, 0.3) is 0 Å². The zero-order valence-electron chi connectivity index (χ0n) is 9.77. The van der Waals surface area contributed by atoms with Gasteiger partial charge in [0.2, 0.25) is 5.82 Å². The van der Waals surface area contributed by atoms with E-state index in [4.69, 9.17) is 5.11 Å². The summed E-state index contributed by atoms with van der Waals surface area (Å²) in [7, 11) is 0. The molecule has 3 N–H and O–H groups in total. The first-order valence-electron chi connectivity index (χ1n) is 5.20. The van der Waals surface area contributed by atoms with Crippen LogP contribution in [0.15, 0.2) is 18.2 Å². The molecule has 0 saturated carbocycles. The molecule has 7 nitrogen and oxygen atoms in total. The average molecular weight is 264 g/mol. The molecule has 0 aliphatic heterocycles. The Hall–Kier alpha value is -2.77. The lowest BCUT2D eigenvalue weighted by Gasteiger charge is -2.04. The number of H-pyrrole nitrogens is 1. The average Bonchev–Trinajstić information content (AvgIpc) is 2.75. The van der Waals surface area contributed by atoms with Crippen LogP contribution in [0.4, 0.5) is 10.1 Å². The van der Waals surface area contributed by atoms with Gasteiger partial charge in [0.1, 0.15) is 11.6 Å². The Morgan fingerprint density at radius 3 is 2.68 bits per heavy atom. The number of nitrogens with one attached hydrogen (secondary N) is 2.